The fraction of sp³-hybridized carbons (Fsp3) is 0.526. The fourth-order valence-corrected chi connectivity index (χ4v) is 2.51. The third-order valence-electron chi connectivity index (χ3n) is 3.61. The summed E-state index contributed by atoms with van der Waals surface area (Å²) in [5.41, 5.74) is 0.940. The van der Waals surface area contributed by atoms with Gasteiger partial charge in [0.15, 0.2) is 0 Å². The Morgan fingerprint density at radius 2 is 1.77 bits per heavy atom. The van der Waals surface area contributed by atoms with Crippen molar-refractivity contribution in [1.29, 1.82) is 0 Å². The fourth-order valence-electron chi connectivity index (χ4n) is 2.31. The molecule has 0 saturated carbocycles. The molecule has 122 valence electrons. The van der Waals surface area contributed by atoms with Gasteiger partial charge in [0.1, 0.15) is 0 Å². The lowest BCUT2D eigenvalue weighted by Gasteiger charge is -2.03. The molecule has 1 aromatic carbocycles. The average Bonchev–Trinajstić information content (AvgIpc) is 2.51. The van der Waals surface area contributed by atoms with Crippen LogP contribution in [0.3, 0.4) is 0 Å². The summed E-state index contributed by atoms with van der Waals surface area (Å²) in [7, 11) is 0. The summed E-state index contributed by atoms with van der Waals surface area (Å²) in [6.45, 7) is 3.00. The molecule has 0 spiro atoms. The Hall–Kier alpha value is -1.28. The highest BCUT2D eigenvalue weighted by molar-refractivity contribution is 6.30. The van der Waals surface area contributed by atoms with Crippen molar-refractivity contribution in [2.24, 2.45) is 0 Å². The molecule has 0 fully saturated rings. The van der Waals surface area contributed by atoms with Crippen molar-refractivity contribution < 1.29 is 4.79 Å². The summed E-state index contributed by atoms with van der Waals surface area (Å²) in [6.07, 6.45) is 13.6. The molecule has 0 saturated heterocycles. The standard InChI is InChI=1S/C19H28ClNO/c1-2-3-4-5-6-7-8-9-15-21-19(22)14-13-17-11-10-12-18(20)16-17/h10-14,16H,2-9,15H2,1H3,(H,21,22). The Morgan fingerprint density at radius 3 is 2.45 bits per heavy atom. The number of nitrogens with one attached hydrogen (secondary N) is 1. The Kier molecular flexibility index (Phi) is 10.5. The van der Waals surface area contributed by atoms with Gasteiger partial charge in [0.25, 0.3) is 0 Å². The maximum atomic E-state index is 11.7. The SMILES string of the molecule is CCCCCCCCCCNC(=O)C=Cc1cccc(Cl)c1. The number of unbranched alkanes of at least 4 members (excludes halogenated alkanes) is 7. The monoisotopic (exact) mass is 321 g/mol. The van der Waals surface area contributed by atoms with E-state index in [9.17, 15) is 4.79 Å². The van der Waals surface area contributed by atoms with Gasteiger partial charge in [-0.05, 0) is 30.2 Å². The minimum absolute atomic E-state index is 0.0390. The van der Waals surface area contributed by atoms with E-state index in [0.717, 1.165) is 18.5 Å². The highest BCUT2D eigenvalue weighted by Crippen LogP contribution is 2.11. The van der Waals surface area contributed by atoms with E-state index in [1.165, 1.54) is 44.9 Å². The molecule has 1 N–H and O–H groups in total. The molecule has 2 nitrogen and oxygen atoms in total. The zero-order chi connectivity index (χ0) is 16.0. The first-order chi connectivity index (χ1) is 10.7. The molecule has 0 aromatic heterocycles. The van der Waals surface area contributed by atoms with Crippen LogP contribution >= 0.6 is 11.6 Å². The highest BCUT2D eigenvalue weighted by atomic mass is 35.5. The minimum atomic E-state index is -0.0390. The number of rotatable bonds is 11. The first-order valence-electron chi connectivity index (χ1n) is 8.44. The second-order valence-corrected chi connectivity index (χ2v) is 6.09. The molecule has 1 rings (SSSR count). The van der Waals surface area contributed by atoms with Gasteiger partial charge in [-0.3, -0.25) is 4.79 Å². The van der Waals surface area contributed by atoms with E-state index in [4.69, 9.17) is 11.6 Å². The number of carbonyl (C=O) groups excluding carboxylic acids is 1. The van der Waals surface area contributed by atoms with Crippen molar-refractivity contribution in [1.82, 2.24) is 5.32 Å². The third-order valence-corrected chi connectivity index (χ3v) is 3.84. The van der Waals surface area contributed by atoms with E-state index < -0.39 is 0 Å². The van der Waals surface area contributed by atoms with Crippen LogP contribution in [-0.4, -0.2) is 12.5 Å². The van der Waals surface area contributed by atoms with E-state index in [0.29, 0.717) is 5.02 Å². The number of hydrogen-bond acceptors (Lipinski definition) is 1. The van der Waals surface area contributed by atoms with Gasteiger partial charge >= 0.3 is 0 Å². The van der Waals surface area contributed by atoms with E-state index >= 15 is 0 Å². The van der Waals surface area contributed by atoms with Crippen LogP contribution in [0.15, 0.2) is 30.3 Å². The van der Waals surface area contributed by atoms with Gasteiger partial charge in [0.05, 0.1) is 0 Å². The summed E-state index contributed by atoms with van der Waals surface area (Å²) in [6, 6.07) is 7.46. The quantitative estimate of drug-likeness (QED) is 0.416. The molecule has 3 heteroatoms. The smallest absolute Gasteiger partial charge is 0.243 e. The van der Waals surface area contributed by atoms with E-state index in [1.54, 1.807) is 12.2 Å². The molecule has 0 unspecified atom stereocenters. The number of benzene rings is 1. The number of halogens is 1. The highest BCUT2D eigenvalue weighted by Gasteiger charge is 1.96. The van der Waals surface area contributed by atoms with Gasteiger partial charge in [-0.15, -0.1) is 0 Å². The molecule has 0 aliphatic carbocycles. The first kappa shape index (κ1) is 18.8. The van der Waals surface area contributed by atoms with Crippen LogP contribution in [0, 0.1) is 0 Å². The van der Waals surface area contributed by atoms with Crippen LogP contribution in [0.2, 0.25) is 5.02 Å². The lowest BCUT2D eigenvalue weighted by atomic mass is 10.1. The average molecular weight is 322 g/mol. The summed E-state index contributed by atoms with van der Waals surface area (Å²) < 4.78 is 0. The molecule has 0 bridgehead atoms. The van der Waals surface area contributed by atoms with Crippen molar-refractivity contribution in [2.75, 3.05) is 6.54 Å². The normalized spacial score (nSPS) is 11.0. The van der Waals surface area contributed by atoms with Crippen LogP contribution in [0.4, 0.5) is 0 Å². The topological polar surface area (TPSA) is 29.1 Å². The molecular formula is C19H28ClNO. The lowest BCUT2D eigenvalue weighted by Crippen LogP contribution is -2.21. The molecule has 1 amide bonds. The number of carbonyl (C=O) groups is 1. The van der Waals surface area contributed by atoms with E-state index in [1.807, 2.05) is 24.3 Å². The van der Waals surface area contributed by atoms with Gasteiger partial charge < -0.3 is 5.32 Å². The molecule has 0 heterocycles. The molecular weight excluding hydrogens is 294 g/mol. The van der Waals surface area contributed by atoms with Crippen molar-refractivity contribution >= 4 is 23.6 Å². The number of hydrogen-bond donors (Lipinski definition) is 1. The summed E-state index contributed by atoms with van der Waals surface area (Å²) in [5, 5.41) is 3.60. The molecule has 0 atom stereocenters. The molecule has 0 radical (unpaired) electrons. The maximum Gasteiger partial charge on any atom is 0.243 e. The summed E-state index contributed by atoms with van der Waals surface area (Å²) >= 11 is 5.90. The third kappa shape index (κ3) is 9.62. The van der Waals surface area contributed by atoms with Crippen LogP contribution in [-0.2, 0) is 4.79 Å². The van der Waals surface area contributed by atoms with Gasteiger partial charge in [-0.2, -0.15) is 0 Å². The second kappa shape index (κ2) is 12.3. The zero-order valence-electron chi connectivity index (χ0n) is 13.6. The van der Waals surface area contributed by atoms with Crippen molar-refractivity contribution in [3.8, 4) is 0 Å². The van der Waals surface area contributed by atoms with E-state index in [2.05, 4.69) is 12.2 Å². The lowest BCUT2D eigenvalue weighted by molar-refractivity contribution is -0.116. The first-order valence-corrected chi connectivity index (χ1v) is 8.81. The Balaban J connectivity index is 2.04. The molecule has 0 aliphatic heterocycles. The second-order valence-electron chi connectivity index (χ2n) is 5.65. The molecule has 22 heavy (non-hydrogen) atoms. The predicted molar refractivity (Wildman–Crippen MR) is 96.1 cm³/mol. The van der Waals surface area contributed by atoms with Crippen molar-refractivity contribution in [3.63, 3.8) is 0 Å². The largest absolute Gasteiger partial charge is 0.353 e. The van der Waals surface area contributed by atoms with Crippen molar-refractivity contribution in [2.45, 2.75) is 58.3 Å². The Labute approximate surface area is 140 Å². The van der Waals surface area contributed by atoms with Gasteiger partial charge in [0.2, 0.25) is 5.91 Å². The predicted octanol–water partition coefficient (Wildman–Crippen LogP) is 5.61. The molecule has 0 aliphatic rings. The number of amides is 1. The van der Waals surface area contributed by atoms with E-state index in [-0.39, 0.29) is 5.91 Å². The Bertz CT molecular complexity index is 457. The Morgan fingerprint density at radius 1 is 1.09 bits per heavy atom. The van der Waals surface area contributed by atoms with Gasteiger partial charge in [-0.25, -0.2) is 0 Å². The van der Waals surface area contributed by atoms with Gasteiger partial charge in [-0.1, -0.05) is 75.6 Å². The van der Waals surface area contributed by atoms with Crippen LogP contribution in [0.1, 0.15) is 63.9 Å². The van der Waals surface area contributed by atoms with Gasteiger partial charge in [0, 0.05) is 17.6 Å². The molecule has 1 aromatic rings. The summed E-state index contributed by atoms with van der Waals surface area (Å²) in [5.74, 6) is -0.0390. The van der Waals surface area contributed by atoms with Crippen LogP contribution in [0.25, 0.3) is 6.08 Å². The summed E-state index contributed by atoms with van der Waals surface area (Å²) in [4.78, 5) is 11.7. The minimum Gasteiger partial charge on any atom is -0.353 e. The van der Waals surface area contributed by atoms with Crippen LogP contribution in [0.5, 0.6) is 0 Å². The zero-order valence-corrected chi connectivity index (χ0v) is 14.4. The maximum absolute atomic E-state index is 11.7. The van der Waals surface area contributed by atoms with Crippen LogP contribution < -0.4 is 5.32 Å². The van der Waals surface area contributed by atoms with Crippen molar-refractivity contribution in [3.05, 3.63) is 40.9 Å².